The van der Waals surface area contributed by atoms with Gasteiger partial charge in [-0.2, -0.15) is 0 Å². The fourth-order valence-corrected chi connectivity index (χ4v) is 3.73. The number of fused-ring (bicyclic) bond motifs is 1. The van der Waals surface area contributed by atoms with Crippen molar-refractivity contribution in [2.24, 2.45) is 11.7 Å². The minimum absolute atomic E-state index is 0.0391. The summed E-state index contributed by atoms with van der Waals surface area (Å²) in [5.74, 6) is -1.10. The van der Waals surface area contributed by atoms with Gasteiger partial charge in [-0.05, 0) is 29.2 Å². The summed E-state index contributed by atoms with van der Waals surface area (Å²) in [5, 5.41) is 4.95. The quantitative estimate of drug-likeness (QED) is 0.802. The van der Waals surface area contributed by atoms with Crippen LogP contribution in [0.2, 0.25) is 0 Å². The van der Waals surface area contributed by atoms with Gasteiger partial charge in [-0.1, -0.05) is 56.3 Å². The molecule has 0 bridgehead atoms. The SMILES string of the molecule is CC(C)C(=O)N1CCC[C@H]1C(=O)NC(Cc1ccc2ccccc2c1)C(N)=O. The lowest BCUT2D eigenvalue weighted by atomic mass is 10.0. The second-order valence-electron chi connectivity index (χ2n) is 7.69. The van der Waals surface area contributed by atoms with E-state index in [1.807, 2.05) is 56.3 Å². The monoisotopic (exact) mass is 381 g/mol. The number of nitrogens with zero attached hydrogens (tertiary/aromatic N) is 1. The van der Waals surface area contributed by atoms with Crippen molar-refractivity contribution < 1.29 is 14.4 Å². The fraction of sp³-hybridized carbons (Fsp3) is 0.409. The molecule has 3 amide bonds. The van der Waals surface area contributed by atoms with E-state index in [2.05, 4.69) is 5.32 Å². The van der Waals surface area contributed by atoms with Gasteiger partial charge in [-0.3, -0.25) is 14.4 Å². The van der Waals surface area contributed by atoms with Gasteiger partial charge in [-0.25, -0.2) is 0 Å². The van der Waals surface area contributed by atoms with E-state index in [1.165, 1.54) is 0 Å². The van der Waals surface area contributed by atoms with Gasteiger partial charge in [-0.15, -0.1) is 0 Å². The number of hydrogen-bond acceptors (Lipinski definition) is 3. The maximum absolute atomic E-state index is 12.8. The van der Waals surface area contributed by atoms with Crippen LogP contribution in [0, 0.1) is 5.92 Å². The first-order valence-electron chi connectivity index (χ1n) is 9.74. The van der Waals surface area contributed by atoms with Gasteiger partial charge in [0.05, 0.1) is 0 Å². The van der Waals surface area contributed by atoms with E-state index in [1.54, 1.807) is 4.90 Å². The van der Waals surface area contributed by atoms with Crippen LogP contribution < -0.4 is 11.1 Å². The zero-order valence-corrected chi connectivity index (χ0v) is 16.4. The molecule has 1 heterocycles. The lowest BCUT2D eigenvalue weighted by Crippen LogP contribution is -2.53. The summed E-state index contributed by atoms with van der Waals surface area (Å²) in [6.07, 6.45) is 1.70. The van der Waals surface area contributed by atoms with E-state index in [4.69, 9.17) is 5.73 Å². The van der Waals surface area contributed by atoms with Crippen LogP contribution in [0.4, 0.5) is 0 Å². The number of nitrogens with two attached hydrogens (primary N) is 1. The van der Waals surface area contributed by atoms with Crippen LogP contribution in [0.5, 0.6) is 0 Å². The lowest BCUT2D eigenvalue weighted by molar-refractivity contribution is -0.141. The molecule has 1 fully saturated rings. The predicted octanol–water partition coefficient (Wildman–Crippen LogP) is 2.00. The zero-order chi connectivity index (χ0) is 20.3. The lowest BCUT2D eigenvalue weighted by Gasteiger charge is -2.27. The van der Waals surface area contributed by atoms with E-state index in [9.17, 15) is 14.4 Å². The minimum Gasteiger partial charge on any atom is -0.368 e. The average molecular weight is 381 g/mol. The Hall–Kier alpha value is -2.89. The second kappa shape index (κ2) is 8.42. The van der Waals surface area contributed by atoms with Crippen LogP contribution in [0.1, 0.15) is 32.3 Å². The molecular formula is C22H27N3O3. The van der Waals surface area contributed by atoms with E-state index < -0.39 is 18.0 Å². The van der Waals surface area contributed by atoms with Crippen molar-refractivity contribution in [3.05, 3.63) is 48.0 Å². The summed E-state index contributed by atoms with van der Waals surface area (Å²) < 4.78 is 0. The molecule has 0 aliphatic carbocycles. The standard InChI is InChI=1S/C22H27N3O3/c1-14(2)22(28)25-11-5-8-19(25)21(27)24-18(20(23)26)13-15-9-10-16-6-3-4-7-17(16)12-15/h3-4,6-7,9-10,12,14,18-19H,5,8,11,13H2,1-2H3,(H2,23,26)(H,24,27)/t18?,19-/m0/s1. The number of nitrogens with one attached hydrogen (secondary N) is 1. The number of carbonyl (C=O) groups excluding carboxylic acids is 3. The fourth-order valence-electron chi connectivity index (χ4n) is 3.73. The Morgan fingerprint density at radius 2 is 1.86 bits per heavy atom. The van der Waals surface area contributed by atoms with Crippen LogP contribution in [-0.2, 0) is 20.8 Å². The molecule has 3 N–H and O–H groups in total. The van der Waals surface area contributed by atoms with Crippen molar-refractivity contribution in [1.82, 2.24) is 10.2 Å². The molecule has 0 radical (unpaired) electrons. The molecule has 1 aliphatic heterocycles. The molecule has 0 aromatic heterocycles. The largest absolute Gasteiger partial charge is 0.368 e. The molecule has 1 aliphatic rings. The topological polar surface area (TPSA) is 92.5 Å². The first-order chi connectivity index (χ1) is 13.4. The van der Waals surface area contributed by atoms with Crippen LogP contribution in [0.25, 0.3) is 10.8 Å². The van der Waals surface area contributed by atoms with Crippen LogP contribution in [-0.4, -0.2) is 41.2 Å². The van der Waals surface area contributed by atoms with Gasteiger partial charge in [0.15, 0.2) is 0 Å². The maximum Gasteiger partial charge on any atom is 0.243 e. The first-order valence-corrected chi connectivity index (χ1v) is 9.74. The molecule has 6 nitrogen and oxygen atoms in total. The third-order valence-electron chi connectivity index (χ3n) is 5.25. The predicted molar refractivity (Wildman–Crippen MR) is 108 cm³/mol. The molecule has 0 saturated carbocycles. The molecule has 0 spiro atoms. The summed E-state index contributed by atoms with van der Waals surface area (Å²) in [6, 6.07) is 12.5. The summed E-state index contributed by atoms with van der Waals surface area (Å²) >= 11 is 0. The van der Waals surface area contributed by atoms with E-state index >= 15 is 0 Å². The number of benzene rings is 2. The third kappa shape index (κ3) is 4.32. The Morgan fingerprint density at radius 3 is 2.54 bits per heavy atom. The van der Waals surface area contributed by atoms with Crippen LogP contribution in [0.15, 0.2) is 42.5 Å². The first kappa shape index (κ1) is 19.9. The van der Waals surface area contributed by atoms with Gasteiger partial charge in [0.2, 0.25) is 17.7 Å². The van der Waals surface area contributed by atoms with Crippen molar-refractivity contribution in [2.45, 2.75) is 45.2 Å². The molecule has 1 saturated heterocycles. The normalized spacial score (nSPS) is 17.7. The highest BCUT2D eigenvalue weighted by Crippen LogP contribution is 2.21. The van der Waals surface area contributed by atoms with E-state index in [-0.39, 0.29) is 17.7 Å². The summed E-state index contributed by atoms with van der Waals surface area (Å²) in [7, 11) is 0. The summed E-state index contributed by atoms with van der Waals surface area (Å²) in [4.78, 5) is 38.7. The van der Waals surface area contributed by atoms with Gasteiger partial charge in [0, 0.05) is 18.9 Å². The number of amides is 3. The molecule has 2 aromatic carbocycles. The molecule has 6 heteroatoms. The minimum atomic E-state index is -0.815. The van der Waals surface area contributed by atoms with Gasteiger partial charge < -0.3 is 16.0 Å². The zero-order valence-electron chi connectivity index (χ0n) is 16.4. The molecule has 148 valence electrons. The maximum atomic E-state index is 12.8. The van der Waals surface area contributed by atoms with Crippen molar-refractivity contribution >= 4 is 28.5 Å². The number of hydrogen-bond donors (Lipinski definition) is 2. The van der Waals surface area contributed by atoms with E-state index in [0.29, 0.717) is 19.4 Å². The molecule has 28 heavy (non-hydrogen) atoms. The van der Waals surface area contributed by atoms with Crippen molar-refractivity contribution in [1.29, 1.82) is 0 Å². The van der Waals surface area contributed by atoms with Crippen LogP contribution >= 0.6 is 0 Å². The molecule has 1 unspecified atom stereocenters. The third-order valence-corrected chi connectivity index (χ3v) is 5.25. The average Bonchev–Trinajstić information content (AvgIpc) is 3.16. The number of primary amides is 1. The van der Waals surface area contributed by atoms with E-state index in [0.717, 1.165) is 22.8 Å². The Morgan fingerprint density at radius 1 is 1.14 bits per heavy atom. The second-order valence-corrected chi connectivity index (χ2v) is 7.69. The highest BCUT2D eigenvalue weighted by Gasteiger charge is 2.36. The molecule has 2 atom stereocenters. The van der Waals surface area contributed by atoms with Crippen LogP contribution in [0.3, 0.4) is 0 Å². The number of likely N-dealkylation sites (tertiary alicyclic amines) is 1. The van der Waals surface area contributed by atoms with Crippen molar-refractivity contribution in [2.75, 3.05) is 6.54 Å². The molecular weight excluding hydrogens is 354 g/mol. The van der Waals surface area contributed by atoms with Gasteiger partial charge in [0.25, 0.3) is 0 Å². The molecule has 3 rings (SSSR count). The summed E-state index contributed by atoms with van der Waals surface area (Å²) in [6.45, 7) is 4.21. The Balaban J connectivity index is 1.72. The van der Waals surface area contributed by atoms with Crippen molar-refractivity contribution in [3.63, 3.8) is 0 Å². The Kier molecular flexibility index (Phi) is 5.97. The van der Waals surface area contributed by atoms with Gasteiger partial charge in [0.1, 0.15) is 12.1 Å². The Labute approximate surface area is 165 Å². The summed E-state index contributed by atoms with van der Waals surface area (Å²) in [5.41, 5.74) is 6.47. The Bertz CT molecular complexity index is 893. The van der Waals surface area contributed by atoms with Gasteiger partial charge >= 0.3 is 0 Å². The highest BCUT2D eigenvalue weighted by atomic mass is 16.2. The number of rotatable bonds is 6. The number of carbonyl (C=O) groups is 3. The molecule has 2 aromatic rings. The smallest absolute Gasteiger partial charge is 0.243 e. The highest BCUT2D eigenvalue weighted by molar-refractivity contribution is 5.92. The van der Waals surface area contributed by atoms with Crippen molar-refractivity contribution in [3.8, 4) is 0 Å².